The van der Waals surface area contributed by atoms with Crippen molar-refractivity contribution in [3.05, 3.63) is 58.8 Å². The predicted molar refractivity (Wildman–Crippen MR) is 95.1 cm³/mol. The first kappa shape index (κ1) is 16.9. The van der Waals surface area contributed by atoms with E-state index in [-0.39, 0.29) is 5.91 Å². The molecule has 7 heteroatoms. The molecule has 0 aliphatic carbocycles. The van der Waals surface area contributed by atoms with Crippen LogP contribution in [0.4, 0.5) is 0 Å². The van der Waals surface area contributed by atoms with E-state index >= 15 is 0 Å². The fourth-order valence-electron chi connectivity index (χ4n) is 2.53. The minimum absolute atomic E-state index is 0.0852. The molecule has 0 spiro atoms. The number of amides is 1. The van der Waals surface area contributed by atoms with Crippen LogP contribution in [0.1, 0.15) is 5.56 Å². The number of carbonyl (C=O) groups is 1. The summed E-state index contributed by atoms with van der Waals surface area (Å²) in [6, 6.07) is 10.3. The van der Waals surface area contributed by atoms with Gasteiger partial charge in [-0.3, -0.25) is 4.79 Å². The van der Waals surface area contributed by atoms with Gasteiger partial charge in [0.25, 0.3) is 0 Å². The normalized spacial score (nSPS) is 16.6. The highest BCUT2D eigenvalue weighted by Crippen LogP contribution is 2.17. The number of carbonyl (C=O) groups excluding carboxylic acids is 1. The van der Waals surface area contributed by atoms with Gasteiger partial charge in [0.2, 0.25) is 15.9 Å². The maximum atomic E-state index is 12.6. The SMILES string of the molecule is O=C(C=Cc1ccsc1)N1CCN(S(=O)(=O)c2ccccc2)CC1. The van der Waals surface area contributed by atoms with E-state index in [4.69, 9.17) is 0 Å². The van der Waals surface area contributed by atoms with Gasteiger partial charge >= 0.3 is 0 Å². The number of thiophene rings is 1. The Kier molecular flexibility index (Phi) is 5.13. The molecular formula is C17H18N2O3S2. The summed E-state index contributed by atoms with van der Waals surface area (Å²) in [6.45, 7) is 1.43. The van der Waals surface area contributed by atoms with Crippen molar-refractivity contribution in [3.8, 4) is 0 Å². The van der Waals surface area contributed by atoms with Gasteiger partial charge in [-0.15, -0.1) is 0 Å². The minimum Gasteiger partial charge on any atom is -0.337 e. The summed E-state index contributed by atoms with van der Waals surface area (Å²) in [5.41, 5.74) is 0.999. The maximum Gasteiger partial charge on any atom is 0.246 e. The quantitative estimate of drug-likeness (QED) is 0.784. The van der Waals surface area contributed by atoms with Gasteiger partial charge in [-0.25, -0.2) is 8.42 Å². The number of hydrogen-bond acceptors (Lipinski definition) is 4. The number of rotatable bonds is 4. The molecule has 1 amide bonds. The van der Waals surface area contributed by atoms with E-state index in [0.29, 0.717) is 31.1 Å². The van der Waals surface area contributed by atoms with Crippen LogP contribution in [0, 0.1) is 0 Å². The van der Waals surface area contributed by atoms with Gasteiger partial charge in [0.1, 0.15) is 0 Å². The zero-order valence-corrected chi connectivity index (χ0v) is 14.7. The van der Waals surface area contributed by atoms with Crippen molar-refractivity contribution < 1.29 is 13.2 Å². The maximum absolute atomic E-state index is 12.6. The number of hydrogen-bond donors (Lipinski definition) is 0. The summed E-state index contributed by atoms with van der Waals surface area (Å²) < 4.78 is 26.5. The van der Waals surface area contributed by atoms with E-state index in [0.717, 1.165) is 5.56 Å². The molecule has 0 bridgehead atoms. The summed E-state index contributed by atoms with van der Waals surface area (Å²) >= 11 is 1.58. The molecule has 126 valence electrons. The molecule has 1 aromatic heterocycles. The van der Waals surface area contributed by atoms with Gasteiger partial charge in [0.05, 0.1) is 4.90 Å². The van der Waals surface area contributed by atoms with Crippen LogP contribution in [0.3, 0.4) is 0 Å². The highest BCUT2D eigenvalue weighted by Gasteiger charge is 2.29. The highest BCUT2D eigenvalue weighted by molar-refractivity contribution is 7.89. The van der Waals surface area contributed by atoms with Crippen LogP contribution >= 0.6 is 11.3 Å². The molecular weight excluding hydrogens is 344 g/mol. The standard InChI is InChI=1S/C17H18N2O3S2/c20-17(7-6-15-8-13-23-14-15)18-9-11-19(12-10-18)24(21,22)16-4-2-1-3-5-16/h1-8,13-14H,9-12H2. The Balaban J connectivity index is 1.60. The molecule has 1 aliphatic heterocycles. The van der Waals surface area contributed by atoms with Crippen LogP contribution in [0.15, 0.2) is 58.1 Å². The Bertz CT molecular complexity index is 807. The van der Waals surface area contributed by atoms with Crippen molar-refractivity contribution in [1.82, 2.24) is 9.21 Å². The Morgan fingerprint density at radius 2 is 1.75 bits per heavy atom. The zero-order chi connectivity index (χ0) is 17.0. The van der Waals surface area contributed by atoms with E-state index in [2.05, 4.69) is 0 Å². The van der Waals surface area contributed by atoms with Crippen LogP contribution in [-0.2, 0) is 14.8 Å². The summed E-state index contributed by atoms with van der Waals surface area (Å²) in [7, 11) is -3.48. The summed E-state index contributed by atoms with van der Waals surface area (Å²) in [4.78, 5) is 14.2. The molecule has 0 unspecified atom stereocenters. The second-order valence-electron chi connectivity index (χ2n) is 5.43. The summed E-state index contributed by atoms with van der Waals surface area (Å²) in [5, 5.41) is 3.92. The Labute approximate surface area is 145 Å². The molecule has 3 rings (SSSR count). The Morgan fingerprint density at radius 1 is 1.04 bits per heavy atom. The van der Waals surface area contributed by atoms with Gasteiger partial charge in [0, 0.05) is 32.3 Å². The van der Waals surface area contributed by atoms with Crippen LogP contribution < -0.4 is 0 Å². The highest BCUT2D eigenvalue weighted by atomic mass is 32.2. The largest absolute Gasteiger partial charge is 0.337 e. The van der Waals surface area contributed by atoms with E-state index in [1.54, 1.807) is 58.7 Å². The third-order valence-corrected chi connectivity index (χ3v) is 6.51. The molecule has 1 aromatic carbocycles. The second-order valence-corrected chi connectivity index (χ2v) is 8.15. The van der Waals surface area contributed by atoms with Gasteiger partial charge in [0.15, 0.2) is 0 Å². The van der Waals surface area contributed by atoms with Crippen molar-refractivity contribution >= 4 is 33.3 Å². The minimum atomic E-state index is -3.48. The van der Waals surface area contributed by atoms with Crippen LogP contribution in [0.25, 0.3) is 6.08 Å². The molecule has 24 heavy (non-hydrogen) atoms. The first-order valence-corrected chi connectivity index (χ1v) is 10.00. The van der Waals surface area contributed by atoms with Gasteiger partial charge in [-0.05, 0) is 40.6 Å². The number of piperazine rings is 1. The molecule has 0 saturated carbocycles. The van der Waals surface area contributed by atoms with Crippen LogP contribution in [-0.4, -0.2) is 49.7 Å². The first-order chi connectivity index (χ1) is 11.6. The van der Waals surface area contributed by atoms with E-state index in [1.807, 2.05) is 16.8 Å². The molecule has 1 fully saturated rings. The third kappa shape index (κ3) is 3.75. The average molecular weight is 362 g/mol. The molecule has 0 N–H and O–H groups in total. The fraction of sp³-hybridized carbons (Fsp3) is 0.235. The summed E-state index contributed by atoms with van der Waals surface area (Å²) in [5.74, 6) is -0.0852. The predicted octanol–water partition coefficient (Wildman–Crippen LogP) is 2.29. The number of nitrogens with zero attached hydrogens (tertiary/aromatic N) is 2. The lowest BCUT2D eigenvalue weighted by Crippen LogP contribution is -2.50. The van der Waals surface area contributed by atoms with Gasteiger partial charge in [-0.1, -0.05) is 18.2 Å². The van der Waals surface area contributed by atoms with Crippen LogP contribution in [0.5, 0.6) is 0 Å². The molecule has 1 saturated heterocycles. The van der Waals surface area contributed by atoms with E-state index in [9.17, 15) is 13.2 Å². The molecule has 0 atom stereocenters. The lowest BCUT2D eigenvalue weighted by molar-refractivity contribution is -0.127. The monoisotopic (exact) mass is 362 g/mol. The molecule has 0 radical (unpaired) electrons. The first-order valence-electron chi connectivity index (χ1n) is 7.62. The molecule has 1 aliphatic rings. The van der Waals surface area contributed by atoms with E-state index in [1.165, 1.54) is 4.31 Å². The lowest BCUT2D eigenvalue weighted by atomic mass is 10.3. The average Bonchev–Trinajstić information content (AvgIpc) is 3.14. The van der Waals surface area contributed by atoms with Crippen molar-refractivity contribution in [2.75, 3.05) is 26.2 Å². The third-order valence-electron chi connectivity index (χ3n) is 3.89. The Morgan fingerprint density at radius 3 is 2.38 bits per heavy atom. The van der Waals surface area contributed by atoms with E-state index < -0.39 is 10.0 Å². The van der Waals surface area contributed by atoms with Crippen molar-refractivity contribution in [1.29, 1.82) is 0 Å². The molecule has 2 heterocycles. The summed E-state index contributed by atoms with van der Waals surface area (Å²) in [6.07, 6.45) is 3.33. The van der Waals surface area contributed by atoms with Crippen LogP contribution in [0.2, 0.25) is 0 Å². The van der Waals surface area contributed by atoms with Gasteiger partial charge < -0.3 is 4.90 Å². The number of benzene rings is 1. The fourth-order valence-corrected chi connectivity index (χ4v) is 4.60. The second kappa shape index (κ2) is 7.29. The number of sulfonamides is 1. The van der Waals surface area contributed by atoms with Crippen molar-refractivity contribution in [2.24, 2.45) is 0 Å². The zero-order valence-electron chi connectivity index (χ0n) is 13.0. The van der Waals surface area contributed by atoms with Crippen molar-refractivity contribution in [2.45, 2.75) is 4.90 Å². The molecule has 5 nitrogen and oxygen atoms in total. The van der Waals surface area contributed by atoms with Crippen molar-refractivity contribution in [3.63, 3.8) is 0 Å². The lowest BCUT2D eigenvalue weighted by Gasteiger charge is -2.33. The van der Waals surface area contributed by atoms with Gasteiger partial charge in [-0.2, -0.15) is 15.6 Å². The Hall–Kier alpha value is -1.96. The smallest absolute Gasteiger partial charge is 0.246 e. The molecule has 2 aromatic rings. The topological polar surface area (TPSA) is 57.7 Å².